The van der Waals surface area contributed by atoms with Crippen LogP contribution in [0.3, 0.4) is 0 Å². The second-order valence-electron chi connectivity index (χ2n) is 9.32. The molecule has 7 nitrogen and oxygen atoms in total. The number of nitrogens with zero attached hydrogens (tertiary/aromatic N) is 4. The molecule has 0 radical (unpaired) electrons. The zero-order valence-electron chi connectivity index (χ0n) is 20.5. The van der Waals surface area contributed by atoms with Gasteiger partial charge in [0.15, 0.2) is 6.04 Å². The van der Waals surface area contributed by atoms with Gasteiger partial charge in [-0.3, -0.25) is 0 Å². The number of methoxy groups -OCH3 is 1. The number of fused-ring (bicyclic) bond motifs is 1. The number of ether oxygens (including phenoxy) is 1. The van der Waals surface area contributed by atoms with Gasteiger partial charge < -0.3 is 19.9 Å². The van der Waals surface area contributed by atoms with Gasteiger partial charge in [-0.25, -0.2) is 4.79 Å². The molecule has 2 unspecified atom stereocenters. The van der Waals surface area contributed by atoms with Gasteiger partial charge in [0.2, 0.25) is 6.04 Å². The Morgan fingerprint density at radius 1 is 1.17 bits per heavy atom. The minimum atomic E-state index is -0.0632. The van der Waals surface area contributed by atoms with Crippen molar-refractivity contribution in [2.45, 2.75) is 24.9 Å². The van der Waals surface area contributed by atoms with Crippen LogP contribution in [0, 0.1) is 0 Å². The lowest BCUT2D eigenvalue weighted by Gasteiger charge is -2.30. The van der Waals surface area contributed by atoms with Gasteiger partial charge in [-0.1, -0.05) is 24.3 Å². The van der Waals surface area contributed by atoms with Gasteiger partial charge in [0, 0.05) is 44.0 Å². The maximum absolute atomic E-state index is 13.1. The summed E-state index contributed by atoms with van der Waals surface area (Å²) >= 11 is 0. The van der Waals surface area contributed by atoms with Crippen LogP contribution in [0.1, 0.15) is 18.4 Å². The number of rotatable bonds is 5. The van der Waals surface area contributed by atoms with E-state index in [0.717, 1.165) is 47.8 Å². The van der Waals surface area contributed by atoms with Crippen LogP contribution in [0.15, 0.2) is 83.5 Å². The number of hydrogen-bond acceptors (Lipinski definition) is 4. The number of anilines is 2. The highest BCUT2D eigenvalue weighted by Crippen LogP contribution is 2.36. The molecule has 0 aromatic heterocycles. The Bertz CT molecular complexity index is 1230. The van der Waals surface area contributed by atoms with Crippen molar-refractivity contribution in [3.63, 3.8) is 0 Å². The minimum absolute atomic E-state index is 0.0632. The highest BCUT2D eigenvalue weighted by Gasteiger charge is 2.42. The molecule has 2 aromatic carbocycles. The summed E-state index contributed by atoms with van der Waals surface area (Å²) in [6, 6.07) is 16.1. The van der Waals surface area contributed by atoms with Crippen molar-refractivity contribution < 1.29 is 14.2 Å². The minimum Gasteiger partial charge on any atom is -0.497 e. The van der Waals surface area contributed by atoms with Crippen LogP contribution in [0.4, 0.5) is 16.2 Å². The first kappa shape index (κ1) is 22.9. The molecule has 0 spiro atoms. The number of carbonyl (C=O) groups excluding carboxylic acids is 1. The van der Waals surface area contributed by atoms with Gasteiger partial charge in [0.1, 0.15) is 11.4 Å². The van der Waals surface area contributed by atoms with Crippen LogP contribution in [0.25, 0.3) is 5.70 Å². The van der Waals surface area contributed by atoms with E-state index in [1.54, 1.807) is 7.11 Å². The van der Waals surface area contributed by atoms with E-state index in [-0.39, 0.29) is 18.1 Å². The van der Waals surface area contributed by atoms with E-state index >= 15 is 0 Å². The van der Waals surface area contributed by atoms with Gasteiger partial charge >= 0.3 is 6.03 Å². The van der Waals surface area contributed by atoms with Gasteiger partial charge in [-0.15, -0.1) is 4.70 Å². The molecule has 1 fully saturated rings. The normalized spacial score (nSPS) is 21.0. The maximum atomic E-state index is 13.1. The summed E-state index contributed by atoms with van der Waals surface area (Å²) in [6.45, 7) is 1.38. The van der Waals surface area contributed by atoms with Crippen LogP contribution in [-0.2, 0) is 0 Å². The molecule has 0 saturated carbocycles. The zero-order chi connectivity index (χ0) is 24.4. The third kappa shape index (κ3) is 4.71. The fourth-order valence-electron chi connectivity index (χ4n) is 4.92. The predicted octanol–water partition coefficient (Wildman–Crippen LogP) is 5.14. The van der Waals surface area contributed by atoms with Crippen molar-refractivity contribution in [3.8, 4) is 5.75 Å². The molecule has 3 aliphatic rings. The number of likely N-dealkylation sites (tertiary alicyclic amines) is 1. The average molecular weight is 471 g/mol. The summed E-state index contributed by atoms with van der Waals surface area (Å²) < 4.78 is 7.63. The SMILES string of the molecule is COc1cccc(C2=C3C=CC=CC3[N+](C3CCCN(C(=O)Nc4ccc(N(C)C)cc4)C3)=N2)c1. The number of urea groups is 1. The molecule has 2 aromatic rings. The van der Waals surface area contributed by atoms with E-state index in [2.05, 4.69) is 40.4 Å². The second-order valence-corrected chi connectivity index (χ2v) is 9.32. The molecule has 2 heterocycles. The van der Waals surface area contributed by atoms with Crippen molar-refractivity contribution in [1.29, 1.82) is 0 Å². The van der Waals surface area contributed by atoms with E-state index < -0.39 is 0 Å². The zero-order valence-corrected chi connectivity index (χ0v) is 20.5. The summed E-state index contributed by atoms with van der Waals surface area (Å²) in [5, 5.41) is 8.16. The lowest BCUT2D eigenvalue weighted by atomic mass is 9.96. The number of azo groups is 2. The van der Waals surface area contributed by atoms with E-state index in [4.69, 9.17) is 9.85 Å². The molecular weight excluding hydrogens is 438 g/mol. The number of piperidine rings is 1. The monoisotopic (exact) mass is 470 g/mol. The molecule has 1 saturated heterocycles. The molecule has 2 amide bonds. The Hall–Kier alpha value is -3.87. The predicted molar refractivity (Wildman–Crippen MR) is 139 cm³/mol. The lowest BCUT2D eigenvalue weighted by molar-refractivity contribution is -0.636. The quantitative estimate of drug-likeness (QED) is 0.616. The molecule has 35 heavy (non-hydrogen) atoms. The molecule has 1 N–H and O–H groups in total. The Balaban J connectivity index is 1.33. The number of carbonyl (C=O) groups is 1. The Kier molecular flexibility index (Phi) is 6.40. The lowest BCUT2D eigenvalue weighted by Crippen LogP contribution is -2.49. The average Bonchev–Trinajstić information content (AvgIpc) is 3.29. The highest BCUT2D eigenvalue weighted by molar-refractivity contribution is 5.89. The Labute approximate surface area is 206 Å². The summed E-state index contributed by atoms with van der Waals surface area (Å²) in [4.78, 5) is 17.0. The van der Waals surface area contributed by atoms with Crippen molar-refractivity contribution >= 4 is 23.1 Å². The maximum Gasteiger partial charge on any atom is 0.322 e. The van der Waals surface area contributed by atoms with Gasteiger partial charge in [0.05, 0.1) is 19.2 Å². The Morgan fingerprint density at radius 2 is 2.00 bits per heavy atom. The largest absolute Gasteiger partial charge is 0.497 e. The van der Waals surface area contributed by atoms with E-state index in [1.165, 1.54) is 5.57 Å². The van der Waals surface area contributed by atoms with Crippen molar-refractivity contribution in [2.75, 3.05) is 44.5 Å². The fourth-order valence-corrected chi connectivity index (χ4v) is 4.92. The van der Waals surface area contributed by atoms with Gasteiger partial charge in [0.25, 0.3) is 0 Å². The topological polar surface area (TPSA) is 60.2 Å². The third-order valence-corrected chi connectivity index (χ3v) is 6.81. The summed E-state index contributed by atoms with van der Waals surface area (Å²) in [5.74, 6) is 0.815. The summed E-state index contributed by atoms with van der Waals surface area (Å²) in [6.07, 6.45) is 10.4. The van der Waals surface area contributed by atoms with Gasteiger partial charge in [-0.2, -0.15) is 0 Å². The number of amides is 2. The van der Waals surface area contributed by atoms with Crippen LogP contribution in [-0.4, -0.2) is 62.0 Å². The number of allylic oxidation sites excluding steroid dienone is 2. The first-order valence-corrected chi connectivity index (χ1v) is 12.1. The Morgan fingerprint density at radius 3 is 2.77 bits per heavy atom. The second kappa shape index (κ2) is 9.78. The van der Waals surface area contributed by atoms with E-state index in [9.17, 15) is 4.79 Å². The van der Waals surface area contributed by atoms with Crippen LogP contribution in [0.5, 0.6) is 5.75 Å². The summed E-state index contributed by atoms with van der Waals surface area (Å²) in [5.41, 5.74) is 5.10. The number of nitrogens with one attached hydrogen (secondary N) is 1. The van der Waals surface area contributed by atoms with Crippen LogP contribution in [0.2, 0.25) is 0 Å². The van der Waals surface area contributed by atoms with Crippen molar-refractivity contribution in [3.05, 3.63) is 84.0 Å². The first-order valence-electron chi connectivity index (χ1n) is 12.1. The molecule has 0 bridgehead atoms. The molecule has 7 heteroatoms. The third-order valence-electron chi connectivity index (χ3n) is 6.81. The summed E-state index contributed by atoms with van der Waals surface area (Å²) in [7, 11) is 5.68. The van der Waals surface area contributed by atoms with E-state index in [0.29, 0.717) is 6.54 Å². The van der Waals surface area contributed by atoms with Crippen LogP contribution < -0.4 is 15.0 Å². The van der Waals surface area contributed by atoms with Crippen molar-refractivity contribution in [2.24, 2.45) is 5.11 Å². The number of benzene rings is 2. The molecule has 2 aliphatic heterocycles. The first-order chi connectivity index (χ1) is 17.0. The smallest absolute Gasteiger partial charge is 0.322 e. The molecule has 1 aliphatic carbocycles. The highest BCUT2D eigenvalue weighted by atomic mass is 16.5. The molecule has 5 rings (SSSR count). The fraction of sp³-hybridized carbons (Fsp3) is 0.321. The van der Waals surface area contributed by atoms with Crippen LogP contribution >= 0.6 is 0 Å². The van der Waals surface area contributed by atoms with Gasteiger partial charge in [-0.05, 0) is 60.1 Å². The molecule has 180 valence electrons. The standard InChI is InChI=1S/C28H31N5O2/c1-31(2)22-15-13-21(14-16-22)29-28(34)32-17-7-9-23(19-32)33-26-12-5-4-11-25(26)27(30-33)20-8-6-10-24(18-20)35-3/h4-6,8,10-16,18,23,26H,7,9,17,19H2,1-3H3/p+1. The number of hydrogen-bond donors (Lipinski definition) is 1. The van der Waals surface area contributed by atoms with Crippen molar-refractivity contribution in [1.82, 2.24) is 4.90 Å². The molecule has 2 atom stereocenters. The van der Waals surface area contributed by atoms with E-state index in [1.807, 2.05) is 66.4 Å². The molecular formula is C28H32N5O2+.